The van der Waals surface area contributed by atoms with Gasteiger partial charge in [-0.1, -0.05) is 17.8 Å². The summed E-state index contributed by atoms with van der Waals surface area (Å²) in [5.74, 6) is 0.0699. The summed E-state index contributed by atoms with van der Waals surface area (Å²) in [6, 6.07) is 0.164. The van der Waals surface area contributed by atoms with Crippen molar-refractivity contribution < 1.29 is 4.79 Å². The molecule has 1 aromatic heterocycles. The molecule has 1 aliphatic rings. The Bertz CT molecular complexity index is 432. The average Bonchev–Trinajstić information content (AvgIpc) is 2.86. The van der Waals surface area contributed by atoms with E-state index in [0.717, 1.165) is 44.3 Å². The van der Waals surface area contributed by atoms with Crippen LogP contribution in [-0.2, 0) is 6.42 Å². The lowest BCUT2D eigenvalue weighted by Crippen LogP contribution is -2.51. The van der Waals surface area contributed by atoms with Crippen molar-refractivity contribution in [3.63, 3.8) is 0 Å². The SMILES string of the molecule is CCCc1nnsc1C(=O)N1CCCCC1C(C)N. The van der Waals surface area contributed by atoms with Crippen molar-refractivity contribution in [1.29, 1.82) is 0 Å². The Morgan fingerprint density at radius 2 is 2.37 bits per heavy atom. The summed E-state index contributed by atoms with van der Waals surface area (Å²) in [4.78, 5) is 15.3. The number of aromatic nitrogens is 2. The van der Waals surface area contributed by atoms with Crippen molar-refractivity contribution >= 4 is 17.4 Å². The topological polar surface area (TPSA) is 72.1 Å². The van der Waals surface area contributed by atoms with Crippen LogP contribution in [0.25, 0.3) is 0 Å². The third-order valence-electron chi connectivity index (χ3n) is 3.65. The molecule has 2 atom stereocenters. The molecule has 0 bridgehead atoms. The standard InChI is InChI=1S/C13H22N4OS/c1-3-6-10-12(19-16-15-10)13(18)17-8-5-4-7-11(17)9(2)14/h9,11H,3-8,14H2,1-2H3. The van der Waals surface area contributed by atoms with Gasteiger partial charge in [-0.3, -0.25) is 4.79 Å². The van der Waals surface area contributed by atoms with Gasteiger partial charge in [-0.15, -0.1) is 5.10 Å². The van der Waals surface area contributed by atoms with E-state index in [1.165, 1.54) is 11.5 Å². The predicted octanol–water partition coefficient (Wildman–Crippen LogP) is 1.83. The molecule has 2 rings (SSSR count). The smallest absolute Gasteiger partial charge is 0.267 e. The van der Waals surface area contributed by atoms with Crippen LogP contribution in [0.3, 0.4) is 0 Å². The second-order valence-corrected chi connectivity index (χ2v) is 5.97. The number of nitrogens with zero attached hydrogens (tertiary/aromatic N) is 3. The molecule has 6 heteroatoms. The minimum atomic E-state index is 0.0137. The van der Waals surface area contributed by atoms with E-state index in [4.69, 9.17) is 5.73 Å². The van der Waals surface area contributed by atoms with E-state index in [1.807, 2.05) is 11.8 Å². The van der Waals surface area contributed by atoms with Gasteiger partial charge in [0.25, 0.3) is 5.91 Å². The maximum atomic E-state index is 12.7. The molecule has 19 heavy (non-hydrogen) atoms. The van der Waals surface area contributed by atoms with Crippen LogP contribution in [0.2, 0.25) is 0 Å². The number of hydrogen-bond acceptors (Lipinski definition) is 5. The summed E-state index contributed by atoms with van der Waals surface area (Å²) < 4.78 is 3.94. The van der Waals surface area contributed by atoms with Crippen LogP contribution in [0, 0.1) is 0 Å². The Kier molecular flexibility index (Phi) is 4.87. The zero-order chi connectivity index (χ0) is 13.8. The number of amides is 1. The number of likely N-dealkylation sites (tertiary alicyclic amines) is 1. The van der Waals surface area contributed by atoms with E-state index < -0.39 is 0 Å². The number of carbonyl (C=O) groups is 1. The molecule has 2 heterocycles. The van der Waals surface area contributed by atoms with Gasteiger partial charge in [0, 0.05) is 18.6 Å². The van der Waals surface area contributed by atoms with Crippen molar-refractivity contribution in [2.24, 2.45) is 5.73 Å². The van der Waals surface area contributed by atoms with Crippen molar-refractivity contribution in [3.8, 4) is 0 Å². The fraction of sp³-hybridized carbons (Fsp3) is 0.769. The highest BCUT2D eigenvalue weighted by molar-refractivity contribution is 7.08. The Hall–Kier alpha value is -1.01. The second-order valence-electron chi connectivity index (χ2n) is 5.22. The van der Waals surface area contributed by atoms with Crippen LogP contribution in [0.15, 0.2) is 0 Å². The van der Waals surface area contributed by atoms with E-state index >= 15 is 0 Å². The molecule has 0 saturated carbocycles. The molecule has 0 aliphatic carbocycles. The summed E-state index contributed by atoms with van der Waals surface area (Å²) in [5, 5.41) is 4.08. The summed E-state index contributed by atoms with van der Waals surface area (Å²) in [6.07, 6.45) is 5.00. The van der Waals surface area contributed by atoms with Gasteiger partial charge in [-0.05, 0) is 44.1 Å². The van der Waals surface area contributed by atoms with Crippen LogP contribution >= 0.6 is 11.5 Å². The van der Waals surface area contributed by atoms with E-state index in [1.54, 1.807) is 0 Å². The number of hydrogen-bond donors (Lipinski definition) is 1. The van der Waals surface area contributed by atoms with Crippen LogP contribution in [0.4, 0.5) is 0 Å². The first-order valence-electron chi connectivity index (χ1n) is 7.03. The number of carbonyl (C=O) groups excluding carboxylic acids is 1. The van der Waals surface area contributed by atoms with E-state index in [9.17, 15) is 4.79 Å². The van der Waals surface area contributed by atoms with Gasteiger partial charge in [0.2, 0.25) is 0 Å². The third-order valence-corrected chi connectivity index (χ3v) is 4.41. The lowest BCUT2D eigenvalue weighted by Gasteiger charge is -2.37. The molecule has 1 saturated heterocycles. The Balaban J connectivity index is 2.19. The fourth-order valence-corrected chi connectivity index (χ4v) is 3.32. The minimum Gasteiger partial charge on any atom is -0.333 e. The van der Waals surface area contributed by atoms with Crippen LogP contribution in [-0.4, -0.2) is 39.0 Å². The zero-order valence-electron chi connectivity index (χ0n) is 11.6. The summed E-state index contributed by atoms with van der Waals surface area (Å²) in [7, 11) is 0. The van der Waals surface area contributed by atoms with Crippen LogP contribution in [0.1, 0.15) is 54.9 Å². The Labute approximate surface area is 118 Å². The lowest BCUT2D eigenvalue weighted by molar-refractivity contribution is 0.0587. The van der Waals surface area contributed by atoms with Gasteiger partial charge in [0.1, 0.15) is 4.88 Å². The largest absolute Gasteiger partial charge is 0.333 e. The molecule has 106 valence electrons. The molecule has 1 amide bonds. The third kappa shape index (κ3) is 3.12. The number of nitrogens with two attached hydrogens (primary N) is 1. The molecule has 1 aliphatic heterocycles. The number of aryl methyl sites for hydroxylation is 1. The lowest BCUT2D eigenvalue weighted by atomic mass is 9.96. The molecule has 1 aromatic rings. The molecular formula is C13H22N4OS. The highest BCUT2D eigenvalue weighted by Crippen LogP contribution is 2.24. The van der Waals surface area contributed by atoms with Crippen LogP contribution < -0.4 is 5.73 Å². The van der Waals surface area contributed by atoms with E-state index in [2.05, 4.69) is 16.5 Å². The van der Waals surface area contributed by atoms with E-state index in [-0.39, 0.29) is 18.0 Å². The van der Waals surface area contributed by atoms with Crippen LogP contribution in [0.5, 0.6) is 0 Å². The van der Waals surface area contributed by atoms with Gasteiger partial charge in [0.15, 0.2) is 0 Å². The average molecular weight is 282 g/mol. The maximum absolute atomic E-state index is 12.7. The number of piperidine rings is 1. The second kappa shape index (κ2) is 6.43. The minimum absolute atomic E-state index is 0.0137. The zero-order valence-corrected chi connectivity index (χ0v) is 12.4. The highest BCUT2D eigenvalue weighted by atomic mass is 32.1. The van der Waals surface area contributed by atoms with Gasteiger partial charge in [0.05, 0.1) is 5.69 Å². The van der Waals surface area contributed by atoms with E-state index in [0.29, 0.717) is 4.88 Å². The van der Waals surface area contributed by atoms with Crippen molar-refractivity contribution in [2.45, 2.75) is 58.0 Å². The molecule has 0 radical (unpaired) electrons. The first kappa shape index (κ1) is 14.4. The fourth-order valence-electron chi connectivity index (χ4n) is 2.66. The quantitative estimate of drug-likeness (QED) is 0.914. The highest BCUT2D eigenvalue weighted by Gasteiger charge is 2.31. The molecule has 2 N–H and O–H groups in total. The molecule has 2 unspecified atom stereocenters. The normalized spacial score (nSPS) is 21.4. The van der Waals surface area contributed by atoms with Gasteiger partial charge >= 0.3 is 0 Å². The monoisotopic (exact) mass is 282 g/mol. The molecule has 0 aromatic carbocycles. The predicted molar refractivity (Wildman–Crippen MR) is 76.2 cm³/mol. The Morgan fingerprint density at radius 3 is 3.05 bits per heavy atom. The van der Waals surface area contributed by atoms with Crippen molar-refractivity contribution in [1.82, 2.24) is 14.5 Å². The van der Waals surface area contributed by atoms with Crippen molar-refractivity contribution in [2.75, 3.05) is 6.54 Å². The van der Waals surface area contributed by atoms with Gasteiger partial charge < -0.3 is 10.6 Å². The molecule has 5 nitrogen and oxygen atoms in total. The summed E-state index contributed by atoms with van der Waals surface area (Å²) in [6.45, 7) is 4.86. The summed E-state index contributed by atoms with van der Waals surface area (Å²) >= 11 is 1.21. The van der Waals surface area contributed by atoms with Gasteiger partial charge in [-0.25, -0.2) is 0 Å². The van der Waals surface area contributed by atoms with Crippen molar-refractivity contribution in [3.05, 3.63) is 10.6 Å². The van der Waals surface area contributed by atoms with Gasteiger partial charge in [-0.2, -0.15) is 0 Å². The first-order valence-corrected chi connectivity index (χ1v) is 7.80. The first-order chi connectivity index (χ1) is 9.15. The molecule has 0 spiro atoms. The molecule has 1 fully saturated rings. The Morgan fingerprint density at radius 1 is 1.58 bits per heavy atom. The maximum Gasteiger partial charge on any atom is 0.267 e. The summed E-state index contributed by atoms with van der Waals surface area (Å²) in [5.41, 5.74) is 6.86. The molecular weight excluding hydrogens is 260 g/mol. The number of rotatable bonds is 4.